The van der Waals surface area contributed by atoms with Crippen LogP contribution in [0.15, 0.2) is 85.3 Å². The van der Waals surface area contributed by atoms with Crippen LogP contribution in [-0.4, -0.2) is 15.9 Å². The van der Waals surface area contributed by atoms with Crippen LogP contribution in [0.1, 0.15) is 15.9 Å². The number of hydrogen-bond acceptors (Lipinski definition) is 4. The standard InChI is InChI=1S/C22H18N4O/c27-22(26-20-10-4-8-17-9-5-11-24-21(17)20)18-12-19(15-23-14-18)25-13-16-6-2-1-3-7-16/h1-12,14-15,25H,13H2,(H,26,27). The molecule has 0 saturated heterocycles. The van der Waals surface area contributed by atoms with Crippen molar-refractivity contribution in [2.24, 2.45) is 0 Å². The van der Waals surface area contributed by atoms with Gasteiger partial charge in [0.05, 0.1) is 22.5 Å². The van der Waals surface area contributed by atoms with Gasteiger partial charge in [-0.15, -0.1) is 0 Å². The molecule has 0 saturated carbocycles. The number of benzene rings is 2. The first-order valence-corrected chi connectivity index (χ1v) is 8.67. The zero-order valence-electron chi connectivity index (χ0n) is 14.6. The molecule has 0 radical (unpaired) electrons. The molecule has 2 N–H and O–H groups in total. The van der Waals surface area contributed by atoms with Gasteiger partial charge < -0.3 is 10.6 Å². The number of hydrogen-bond donors (Lipinski definition) is 2. The summed E-state index contributed by atoms with van der Waals surface area (Å²) in [5.41, 5.74) is 3.89. The Morgan fingerprint density at radius 2 is 1.78 bits per heavy atom. The van der Waals surface area contributed by atoms with E-state index in [0.29, 0.717) is 17.8 Å². The highest BCUT2D eigenvalue weighted by atomic mass is 16.1. The predicted molar refractivity (Wildman–Crippen MR) is 108 cm³/mol. The molecule has 0 aliphatic heterocycles. The topological polar surface area (TPSA) is 66.9 Å². The zero-order chi connectivity index (χ0) is 18.5. The summed E-state index contributed by atoms with van der Waals surface area (Å²) in [6.07, 6.45) is 4.98. The Hall–Kier alpha value is -3.73. The van der Waals surface area contributed by atoms with E-state index >= 15 is 0 Å². The molecule has 5 nitrogen and oxygen atoms in total. The molecule has 0 aliphatic carbocycles. The number of nitrogens with one attached hydrogen (secondary N) is 2. The lowest BCUT2D eigenvalue weighted by molar-refractivity contribution is 0.102. The molecular formula is C22H18N4O. The highest BCUT2D eigenvalue weighted by molar-refractivity contribution is 6.08. The Kier molecular flexibility index (Phi) is 4.74. The molecule has 0 spiro atoms. The van der Waals surface area contributed by atoms with Crippen LogP contribution in [0.2, 0.25) is 0 Å². The first kappa shape index (κ1) is 16.7. The second-order valence-corrected chi connectivity index (χ2v) is 6.14. The SMILES string of the molecule is O=C(Nc1cccc2cccnc12)c1cncc(NCc2ccccc2)c1. The molecular weight excluding hydrogens is 336 g/mol. The van der Waals surface area contributed by atoms with Crippen LogP contribution in [-0.2, 0) is 6.54 Å². The third-order valence-electron chi connectivity index (χ3n) is 4.22. The van der Waals surface area contributed by atoms with Gasteiger partial charge in [0.2, 0.25) is 0 Å². The van der Waals surface area contributed by atoms with Gasteiger partial charge in [-0.2, -0.15) is 0 Å². The summed E-state index contributed by atoms with van der Waals surface area (Å²) in [5, 5.41) is 7.21. The third kappa shape index (κ3) is 3.93. The number of pyridine rings is 2. The Bertz CT molecular complexity index is 1070. The number of fused-ring (bicyclic) bond motifs is 1. The van der Waals surface area contributed by atoms with E-state index in [1.54, 1.807) is 24.7 Å². The summed E-state index contributed by atoms with van der Waals surface area (Å²) in [5.74, 6) is -0.219. The quantitative estimate of drug-likeness (QED) is 0.554. The molecule has 0 atom stereocenters. The van der Waals surface area contributed by atoms with Crippen LogP contribution in [0, 0.1) is 0 Å². The second-order valence-electron chi connectivity index (χ2n) is 6.14. The lowest BCUT2D eigenvalue weighted by Crippen LogP contribution is -2.13. The van der Waals surface area contributed by atoms with Crippen LogP contribution < -0.4 is 10.6 Å². The minimum absolute atomic E-state index is 0.219. The molecule has 2 aromatic heterocycles. The van der Waals surface area contributed by atoms with E-state index in [1.165, 1.54) is 0 Å². The Morgan fingerprint density at radius 1 is 0.926 bits per heavy atom. The molecule has 0 aliphatic rings. The van der Waals surface area contributed by atoms with Crippen molar-refractivity contribution in [3.05, 3.63) is 96.4 Å². The Labute approximate surface area is 157 Å². The monoisotopic (exact) mass is 354 g/mol. The molecule has 4 aromatic rings. The summed E-state index contributed by atoms with van der Waals surface area (Å²) in [7, 11) is 0. The number of aromatic nitrogens is 2. The molecule has 5 heteroatoms. The van der Waals surface area contributed by atoms with Crippen LogP contribution >= 0.6 is 0 Å². The predicted octanol–water partition coefficient (Wildman–Crippen LogP) is 4.49. The number of amides is 1. The Balaban J connectivity index is 1.50. The van der Waals surface area contributed by atoms with Crippen LogP contribution in [0.4, 0.5) is 11.4 Å². The third-order valence-corrected chi connectivity index (χ3v) is 4.22. The number of rotatable bonds is 5. The van der Waals surface area contributed by atoms with Crippen LogP contribution in [0.5, 0.6) is 0 Å². The molecule has 0 bridgehead atoms. The van der Waals surface area contributed by atoms with E-state index in [2.05, 4.69) is 20.6 Å². The molecule has 1 amide bonds. The first-order valence-electron chi connectivity index (χ1n) is 8.67. The largest absolute Gasteiger partial charge is 0.380 e. The lowest BCUT2D eigenvalue weighted by Gasteiger charge is -2.10. The van der Waals surface area contributed by atoms with E-state index in [4.69, 9.17) is 0 Å². The number of para-hydroxylation sites is 1. The number of nitrogens with zero attached hydrogens (tertiary/aromatic N) is 2. The maximum absolute atomic E-state index is 12.7. The number of carbonyl (C=O) groups is 1. The van der Waals surface area contributed by atoms with E-state index in [1.807, 2.05) is 60.7 Å². The minimum Gasteiger partial charge on any atom is -0.380 e. The summed E-state index contributed by atoms with van der Waals surface area (Å²) < 4.78 is 0. The average Bonchev–Trinajstić information content (AvgIpc) is 2.73. The van der Waals surface area contributed by atoms with Gasteiger partial charge in [0.15, 0.2) is 0 Å². The fourth-order valence-corrected chi connectivity index (χ4v) is 2.86. The van der Waals surface area contributed by atoms with Gasteiger partial charge in [0.1, 0.15) is 0 Å². The summed E-state index contributed by atoms with van der Waals surface area (Å²) >= 11 is 0. The van der Waals surface area contributed by atoms with Crippen molar-refractivity contribution in [3.63, 3.8) is 0 Å². The smallest absolute Gasteiger partial charge is 0.257 e. The first-order chi connectivity index (χ1) is 13.3. The molecule has 132 valence electrons. The summed E-state index contributed by atoms with van der Waals surface area (Å²) in [4.78, 5) is 21.2. The maximum Gasteiger partial charge on any atom is 0.257 e. The van der Waals surface area contributed by atoms with Gasteiger partial charge in [-0.3, -0.25) is 14.8 Å². The normalized spacial score (nSPS) is 10.5. The highest BCUT2D eigenvalue weighted by Crippen LogP contribution is 2.21. The van der Waals surface area contributed by atoms with Gasteiger partial charge in [-0.05, 0) is 23.8 Å². The fourth-order valence-electron chi connectivity index (χ4n) is 2.86. The van der Waals surface area contributed by atoms with Crippen LogP contribution in [0.3, 0.4) is 0 Å². The van der Waals surface area contributed by atoms with Crippen molar-refractivity contribution in [1.82, 2.24) is 9.97 Å². The molecule has 4 rings (SSSR count). The van der Waals surface area contributed by atoms with Crippen molar-refractivity contribution in [3.8, 4) is 0 Å². The van der Waals surface area contributed by atoms with Crippen molar-refractivity contribution in [2.75, 3.05) is 10.6 Å². The summed E-state index contributed by atoms with van der Waals surface area (Å²) in [6.45, 7) is 0.667. The lowest BCUT2D eigenvalue weighted by atomic mass is 10.1. The minimum atomic E-state index is -0.219. The van der Waals surface area contributed by atoms with Crippen LogP contribution in [0.25, 0.3) is 10.9 Å². The molecule has 27 heavy (non-hydrogen) atoms. The summed E-state index contributed by atoms with van der Waals surface area (Å²) in [6, 6.07) is 21.4. The average molecular weight is 354 g/mol. The zero-order valence-corrected chi connectivity index (χ0v) is 14.6. The van der Waals surface area contributed by atoms with Gasteiger partial charge in [0, 0.05) is 30.5 Å². The Morgan fingerprint density at radius 3 is 2.67 bits per heavy atom. The van der Waals surface area contributed by atoms with Crippen molar-refractivity contribution < 1.29 is 4.79 Å². The second kappa shape index (κ2) is 7.66. The molecule has 2 heterocycles. The van der Waals surface area contributed by atoms with Crippen molar-refractivity contribution in [1.29, 1.82) is 0 Å². The van der Waals surface area contributed by atoms with E-state index in [-0.39, 0.29) is 5.91 Å². The van der Waals surface area contributed by atoms with E-state index in [9.17, 15) is 4.79 Å². The van der Waals surface area contributed by atoms with Gasteiger partial charge >= 0.3 is 0 Å². The van der Waals surface area contributed by atoms with E-state index < -0.39 is 0 Å². The highest BCUT2D eigenvalue weighted by Gasteiger charge is 2.10. The van der Waals surface area contributed by atoms with Gasteiger partial charge in [-0.1, -0.05) is 48.5 Å². The number of anilines is 2. The van der Waals surface area contributed by atoms with E-state index in [0.717, 1.165) is 22.2 Å². The van der Waals surface area contributed by atoms with Crippen molar-refractivity contribution >= 4 is 28.2 Å². The number of carbonyl (C=O) groups excluding carboxylic acids is 1. The fraction of sp³-hybridized carbons (Fsp3) is 0.0455. The molecule has 0 unspecified atom stereocenters. The molecule has 2 aromatic carbocycles. The van der Waals surface area contributed by atoms with Gasteiger partial charge in [-0.25, -0.2) is 0 Å². The van der Waals surface area contributed by atoms with Gasteiger partial charge in [0.25, 0.3) is 5.91 Å². The maximum atomic E-state index is 12.7. The molecule has 0 fully saturated rings. The van der Waals surface area contributed by atoms with Crippen molar-refractivity contribution in [2.45, 2.75) is 6.54 Å².